The summed E-state index contributed by atoms with van der Waals surface area (Å²) in [6, 6.07) is 5.73. The standard InChI is InChI=1S/C31H42N4O7S2/c1-5-15-33(16-6-2)30(38)27-25-14-17-34(21(4)36)20-26(25)43-29(27)32-28(37)22-8-10-24(11-9-22)44(40,41)35-18-12-23(13-19-35)31(39)42-7-3/h8-11,23H,5-7,12-20H2,1-4H3,(H,32,37). The van der Waals surface area contributed by atoms with Gasteiger partial charge in [0, 0.05) is 50.1 Å². The molecule has 1 aromatic carbocycles. The van der Waals surface area contributed by atoms with E-state index in [2.05, 4.69) is 5.32 Å². The van der Waals surface area contributed by atoms with Crippen LogP contribution in [-0.2, 0) is 37.3 Å². The molecule has 0 saturated carbocycles. The molecule has 3 amide bonds. The summed E-state index contributed by atoms with van der Waals surface area (Å²) in [6.45, 7) is 10.1. The van der Waals surface area contributed by atoms with Gasteiger partial charge in [-0.05, 0) is 68.9 Å². The summed E-state index contributed by atoms with van der Waals surface area (Å²) in [6.07, 6.45) is 2.91. The predicted molar refractivity (Wildman–Crippen MR) is 168 cm³/mol. The first-order valence-corrected chi connectivity index (χ1v) is 17.5. The molecule has 13 heteroatoms. The topological polar surface area (TPSA) is 133 Å². The maximum absolute atomic E-state index is 13.8. The van der Waals surface area contributed by atoms with E-state index in [1.165, 1.54) is 46.8 Å². The Morgan fingerprint density at radius 1 is 1.00 bits per heavy atom. The molecule has 240 valence electrons. The van der Waals surface area contributed by atoms with Gasteiger partial charge in [0.1, 0.15) is 5.00 Å². The molecule has 3 heterocycles. The average Bonchev–Trinajstić information content (AvgIpc) is 3.37. The van der Waals surface area contributed by atoms with Crippen molar-refractivity contribution in [1.29, 1.82) is 0 Å². The van der Waals surface area contributed by atoms with Crippen molar-refractivity contribution in [3.05, 3.63) is 45.8 Å². The lowest BCUT2D eigenvalue weighted by atomic mass is 9.98. The Balaban J connectivity index is 1.53. The third kappa shape index (κ3) is 7.32. The maximum Gasteiger partial charge on any atom is 0.309 e. The van der Waals surface area contributed by atoms with Crippen LogP contribution in [0.4, 0.5) is 5.00 Å². The van der Waals surface area contributed by atoms with E-state index in [1.54, 1.807) is 11.8 Å². The number of hydrogen-bond acceptors (Lipinski definition) is 8. The molecule has 0 radical (unpaired) electrons. The fourth-order valence-corrected chi connectivity index (χ4v) is 8.41. The fourth-order valence-electron chi connectivity index (χ4n) is 5.69. The third-order valence-corrected chi connectivity index (χ3v) is 11.1. The molecule has 4 rings (SSSR count). The van der Waals surface area contributed by atoms with Gasteiger partial charge < -0.3 is 19.9 Å². The van der Waals surface area contributed by atoms with Crippen LogP contribution in [-0.4, -0.2) is 85.5 Å². The molecule has 0 atom stereocenters. The predicted octanol–water partition coefficient (Wildman–Crippen LogP) is 4.13. The Bertz CT molecular complexity index is 1470. The summed E-state index contributed by atoms with van der Waals surface area (Å²) in [5.41, 5.74) is 1.60. The number of esters is 1. The highest BCUT2D eigenvalue weighted by Gasteiger charge is 2.34. The van der Waals surface area contributed by atoms with E-state index in [0.29, 0.717) is 62.6 Å². The van der Waals surface area contributed by atoms with Crippen molar-refractivity contribution in [2.75, 3.05) is 44.6 Å². The SMILES string of the molecule is CCCN(CCC)C(=O)c1c(NC(=O)c2ccc(S(=O)(=O)N3CCC(C(=O)OCC)CC3)cc2)sc2c1CCN(C(C)=O)C2. The highest BCUT2D eigenvalue weighted by Crippen LogP contribution is 2.38. The monoisotopic (exact) mass is 646 g/mol. The molecule has 0 aliphatic carbocycles. The van der Waals surface area contributed by atoms with Crippen LogP contribution in [0.2, 0.25) is 0 Å². The summed E-state index contributed by atoms with van der Waals surface area (Å²) in [4.78, 5) is 55.8. The number of piperidine rings is 1. The number of benzene rings is 1. The first kappa shape index (κ1) is 33.6. The van der Waals surface area contributed by atoms with Crippen molar-refractivity contribution in [1.82, 2.24) is 14.1 Å². The van der Waals surface area contributed by atoms with Gasteiger partial charge in [-0.25, -0.2) is 8.42 Å². The lowest BCUT2D eigenvalue weighted by Gasteiger charge is -2.30. The first-order valence-electron chi connectivity index (χ1n) is 15.3. The zero-order chi connectivity index (χ0) is 32.0. The smallest absolute Gasteiger partial charge is 0.309 e. The van der Waals surface area contributed by atoms with Gasteiger partial charge in [-0.2, -0.15) is 4.31 Å². The normalized spacial score (nSPS) is 15.9. The summed E-state index contributed by atoms with van der Waals surface area (Å²) in [5.74, 6) is -1.24. The molecule has 0 bridgehead atoms. The van der Waals surface area contributed by atoms with E-state index in [1.807, 2.05) is 18.7 Å². The molecule has 2 aliphatic heterocycles. The Morgan fingerprint density at radius 2 is 1.64 bits per heavy atom. The van der Waals surface area contributed by atoms with E-state index in [9.17, 15) is 27.6 Å². The van der Waals surface area contributed by atoms with Crippen LogP contribution in [0, 0.1) is 5.92 Å². The molecule has 0 unspecified atom stereocenters. The van der Waals surface area contributed by atoms with Crippen molar-refractivity contribution in [2.24, 2.45) is 5.92 Å². The number of thiophene rings is 1. The summed E-state index contributed by atoms with van der Waals surface area (Å²) < 4.78 is 33.0. The van der Waals surface area contributed by atoms with Gasteiger partial charge in [-0.1, -0.05) is 13.8 Å². The summed E-state index contributed by atoms with van der Waals surface area (Å²) in [5, 5.41) is 3.36. The lowest BCUT2D eigenvalue weighted by Crippen LogP contribution is -2.40. The van der Waals surface area contributed by atoms with Gasteiger partial charge in [0.25, 0.3) is 11.8 Å². The summed E-state index contributed by atoms with van der Waals surface area (Å²) in [7, 11) is -3.81. The number of fused-ring (bicyclic) bond motifs is 1. The zero-order valence-electron chi connectivity index (χ0n) is 25.9. The molecule has 1 fully saturated rings. The summed E-state index contributed by atoms with van der Waals surface area (Å²) >= 11 is 1.31. The van der Waals surface area contributed by atoms with E-state index >= 15 is 0 Å². The highest BCUT2D eigenvalue weighted by molar-refractivity contribution is 7.89. The van der Waals surface area contributed by atoms with E-state index < -0.39 is 15.9 Å². The Kier molecular flexibility index (Phi) is 11.2. The molecule has 1 saturated heterocycles. The van der Waals surface area contributed by atoms with Crippen LogP contribution in [0.15, 0.2) is 29.2 Å². The third-order valence-electron chi connectivity index (χ3n) is 8.05. The number of nitrogens with one attached hydrogen (secondary N) is 1. The quantitative estimate of drug-likeness (QED) is 0.363. The second kappa shape index (κ2) is 14.7. The number of hydrogen-bond donors (Lipinski definition) is 1. The Labute approximate surface area is 263 Å². The van der Waals surface area contributed by atoms with Gasteiger partial charge >= 0.3 is 5.97 Å². The van der Waals surface area contributed by atoms with Gasteiger partial charge in [-0.15, -0.1) is 11.3 Å². The van der Waals surface area contributed by atoms with Gasteiger partial charge in [0.05, 0.1) is 29.5 Å². The minimum Gasteiger partial charge on any atom is -0.466 e. The van der Waals surface area contributed by atoms with Crippen LogP contribution in [0.25, 0.3) is 0 Å². The minimum absolute atomic E-state index is 0.0421. The molecule has 0 spiro atoms. The highest BCUT2D eigenvalue weighted by atomic mass is 32.2. The van der Waals surface area contributed by atoms with E-state index in [-0.39, 0.29) is 47.3 Å². The van der Waals surface area contributed by atoms with Crippen LogP contribution in [0.1, 0.15) is 84.5 Å². The molecule has 1 N–H and O–H groups in total. The number of sulfonamides is 1. The number of ether oxygens (including phenoxy) is 1. The van der Waals surface area contributed by atoms with Crippen molar-refractivity contribution in [3.8, 4) is 0 Å². The van der Waals surface area contributed by atoms with Gasteiger partial charge in [0.15, 0.2) is 0 Å². The number of anilines is 1. The van der Waals surface area contributed by atoms with E-state index in [4.69, 9.17) is 4.74 Å². The number of rotatable bonds is 11. The first-order chi connectivity index (χ1) is 21.0. The Morgan fingerprint density at radius 3 is 2.20 bits per heavy atom. The molecule has 11 nitrogen and oxygen atoms in total. The largest absolute Gasteiger partial charge is 0.466 e. The second-order valence-corrected chi connectivity index (χ2v) is 14.1. The average molecular weight is 647 g/mol. The molecule has 44 heavy (non-hydrogen) atoms. The van der Waals surface area contributed by atoms with Gasteiger partial charge in [0.2, 0.25) is 15.9 Å². The fraction of sp³-hybridized carbons (Fsp3) is 0.548. The second-order valence-electron chi connectivity index (χ2n) is 11.1. The van der Waals surface area contributed by atoms with Crippen LogP contribution in [0.5, 0.6) is 0 Å². The van der Waals surface area contributed by atoms with Crippen LogP contribution < -0.4 is 5.32 Å². The van der Waals surface area contributed by atoms with Gasteiger partial charge in [-0.3, -0.25) is 19.2 Å². The number of carbonyl (C=O) groups is 4. The van der Waals surface area contributed by atoms with Crippen molar-refractivity contribution in [2.45, 2.75) is 71.2 Å². The number of nitrogens with zero attached hydrogens (tertiary/aromatic N) is 3. The molecule has 2 aliphatic rings. The van der Waals surface area contributed by atoms with E-state index in [0.717, 1.165) is 23.3 Å². The number of carbonyl (C=O) groups excluding carboxylic acids is 4. The maximum atomic E-state index is 13.8. The van der Waals surface area contributed by atoms with Crippen LogP contribution in [0.3, 0.4) is 0 Å². The van der Waals surface area contributed by atoms with Crippen molar-refractivity contribution >= 4 is 50.1 Å². The Hall–Kier alpha value is -3.29. The van der Waals surface area contributed by atoms with Crippen molar-refractivity contribution < 1.29 is 32.3 Å². The zero-order valence-corrected chi connectivity index (χ0v) is 27.5. The molecular formula is C31H42N4O7S2. The molecule has 2 aromatic rings. The number of amides is 3. The molecule has 1 aromatic heterocycles. The molecular weight excluding hydrogens is 604 g/mol. The van der Waals surface area contributed by atoms with Crippen LogP contribution >= 0.6 is 11.3 Å². The minimum atomic E-state index is -3.81. The van der Waals surface area contributed by atoms with Crippen molar-refractivity contribution in [3.63, 3.8) is 0 Å². The lowest BCUT2D eigenvalue weighted by molar-refractivity contribution is -0.149.